The van der Waals surface area contributed by atoms with E-state index in [4.69, 9.17) is 10.8 Å². The first-order chi connectivity index (χ1) is 8.58. The summed E-state index contributed by atoms with van der Waals surface area (Å²) in [4.78, 5) is 0. The van der Waals surface area contributed by atoms with Crippen LogP contribution in [0.4, 0.5) is 4.39 Å². The van der Waals surface area contributed by atoms with Crippen LogP contribution in [0.15, 0.2) is 24.3 Å². The zero-order chi connectivity index (χ0) is 13.5. The van der Waals surface area contributed by atoms with E-state index in [-0.39, 0.29) is 23.7 Å². The lowest BCUT2D eigenvalue weighted by Crippen LogP contribution is -2.27. The van der Waals surface area contributed by atoms with Gasteiger partial charge in [-0.3, -0.25) is 0 Å². The van der Waals surface area contributed by atoms with Crippen LogP contribution in [0.1, 0.15) is 24.2 Å². The SMILES string of the molecule is CCC(N)C(SCC(O)CO)c1cccc(F)c1. The third kappa shape index (κ3) is 4.57. The average molecular weight is 273 g/mol. The lowest BCUT2D eigenvalue weighted by molar-refractivity contribution is 0.113. The van der Waals surface area contributed by atoms with Crippen LogP contribution in [0.25, 0.3) is 0 Å². The zero-order valence-electron chi connectivity index (χ0n) is 10.4. The van der Waals surface area contributed by atoms with Gasteiger partial charge in [0.1, 0.15) is 5.82 Å². The van der Waals surface area contributed by atoms with Crippen LogP contribution < -0.4 is 5.73 Å². The smallest absolute Gasteiger partial charge is 0.123 e. The average Bonchev–Trinajstić information content (AvgIpc) is 2.38. The van der Waals surface area contributed by atoms with E-state index in [1.165, 1.54) is 23.9 Å². The molecule has 0 heterocycles. The number of aliphatic hydroxyl groups is 2. The molecular formula is C13H20FNO2S. The van der Waals surface area contributed by atoms with Crippen molar-refractivity contribution < 1.29 is 14.6 Å². The van der Waals surface area contributed by atoms with Crippen molar-refractivity contribution in [3.8, 4) is 0 Å². The quantitative estimate of drug-likeness (QED) is 0.707. The van der Waals surface area contributed by atoms with Crippen LogP contribution in [-0.2, 0) is 0 Å². The Morgan fingerprint density at radius 2 is 2.17 bits per heavy atom. The van der Waals surface area contributed by atoms with Crippen LogP contribution in [0, 0.1) is 5.82 Å². The van der Waals surface area contributed by atoms with E-state index in [1.54, 1.807) is 6.07 Å². The molecule has 0 aliphatic carbocycles. The first-order valence-electron chi connectivity index (χ1n) is 6.00. The molecule has 3 nitrogen and oxygen atoms in total. The molecule has 0 spiro atoms. The Labute approximate surface area is 111 Å². The molecule has 0 aliphatic rings. The van der Waals surface area contributed by atoms with Crippen molar-refractivity contribution in [1.82, 2.24) is 0 Å². The minimum Gasteiger partial charge on any atom is -0.394 e. The van der Waals surface area contributed by atoms with Crippen LogP contribution in [-0.4, -0.2) is 34.7 Å². The van der Waals surface area contributed by atoms with Gasteiger partial charge in [0.15, 0.2) is 0 Å². The highest BCUT2D eigenvalue weighted by Crippen LogP contribution is 2.33. The molecule has 5 heteroatoms. The summed E-state index contributed by atoms with van der Waals surface area (Å²) < 4.78 is 13.2. The number of nitrogens with two attached hydrogens (primary N) is 1. The summed E-state index contributed by atoms with van der Waals surface area (Å²) >= 11 is 1.45. The Morgan fingerprint density at radius 3 is 2.72 bits per heavy atom. The summed E-state index contributed by atoms with van der Waals surface area (Å²) in [6, 6.07) is 6.25. The predicted molar refractivity (Wildman–Crippen MR) is 73.0 cm³/mol. The minimum atomic E-state index is -0.768. The van der Waals surface area contributed by atoms with Gasteiger partial charge in [0.2, 0.25) is 0 Å². The predicted octanol–water partition coefficient (Wildman–Crippen LogP) is 1.69. The lowest BCUT2D eigenvalue weighted by Gasteiger charge is -2.24. The van der Waals surface area contributed by atoms with E-state index in [2.05, 4.69) is 0 Å². The molecule has 0 radical (unpaired) electrons. The number of aliphatic hydroxyl groups excluding tert-OH is 2. The molecule has 1 rings (SSSR count). The van der Waals surface area contributed by atoms with Crippen molar-refractivity contribution >= 4 is 11.8 Å². The van der Waals surface area contributed by atoms with Crippen molar-refractivity contribution in [1.29, 1.82) is 0 Å². The van der Waals surface area contributed by atoms with Crippen molar-refractivity contribution in [2.45, 2.75) is 30.7 Å². The molecule has 3 atom stereocenters. The molecule has 102 valence electrons. The summed E-state index contributed by atoms with van der Waals surface area (Å²) in [5, 5.41) is 18.1. The maximum Gasteiger partial charge on any atom is 0.123 e. The Morgan fingerprint density at radius 1 is 1.44 bits per heavy atom. The van der Waals surface area contributed by atoms with E-state index in [0.717, 1.165) is 12.0 Å². The van der Waals surface area contributed by atoms with Gasteiger partial charge in [0.25, 0.3) is 0 Å². The normalized spacial score (nSPS) is 16.3. The standard InChI is InChI=1S/C13H20FNO2S/c1-2-12(15)13(18-8-11(17)7-16)9-4-3-5-10(14)6-9/h3-6,11-13,16-17H,2,7-8,15H2,1H3. The molecule has 3 unspecified atom stereocenters. The van der Waals surface area contributed by atoms with E-state index >= 15 is 0 Å². The molecule has 0 amide bonds. The Hall–Kier alpha value is -0.620. The molecule has 4 N–H and O–H groups in total. The van der Waals surface area contributed by atoms with Gasteiger partial charge in [-0.1, -0.05) is 19.1 Å². The summed E-state index contributed by atoms with van der Waals surface area (Å²) in [6.45, 7) is 1.70. The van der Waals surface area contributed by atoms with Crippen molar-refractivity contribution in [3.05, 3.63) is 35.6 Å². The number of thioether (sulfide) groups is 1. The summed E-state index contributed by atoms with van der Waals surface area (Å²) in [7, 11) is 0. The van der Waals surface area contributed by atoms with Crippen molar-refractivity contribution in [2.24, 2.45) is 5.73 Å². The van der Waals surface area contributed by atoms with Gasteiger partial charge in [-0.05, 0) is 24.1 Å². The lowest BCUT2D eigenvalue weighted by atomic mass is 10.0. The molecule has 1 aromatic rings. The molecule has 0 aliphatic heterocycles. The Bertz CT molecular complexity index is 365. The topological polar surface area (TPSA) is 66.5 Å². The number of hydrogen-bond acceptors (Lipinski definition) is 4. The Balaban J connectivity index is 2.78. The molecular weight excluding hydrogens is 253 g/mol. The summed E-state index contributed by atoms with van der Waals surface area (Å²) in [5.41, 5.74) is 6.86. The first-order valence-corrected chi connectivity index (χ1v) is 7.05. The molecule has 0 fully saturated rings. The highest BCUT2D eigenvalue weighted by molar-refractivity contribution is 7.99. The molecule has 0 aromatic heterocycles. The minimum absolute atomic E-state index is 0.0769. The highest BCUT2D eigenvalue weighted by atomic mass is 32.2. The second-order valence-electron chi connectivity index (χ2n) is 4.22. The number of rotatable bonds is 7. The number of halogens is 1. The molecule has 0 saturated carbocycles. The monoisotopic (exact) mass is 273 g/mol. The molecule has 1 aromatic carbocycles. The van der Waals surface area contributed by atoms with Gasteiger partial charge < -0.3 is 15.9 Å². The van der Waals surface area contributed by atoms with E-state index < -0.39 is 6.10 Å². The van der Waals surface area contributed by atoms with E-state index in [1.807, 2.05) is 13.0 Å². The fourth-order valence-corrected chi connectivity index (χ4v) is 2.95. The molecule has 0 bridgehead atoms. The van der Waals surface area contributed by atoms with Crippen LogP contribution in [0.3, 0.4) is 0 Å². The third-order valence-corrected chi connectivity index (χ3v) is 4.27. The summed E-state index contributed by atoms with van der Waals surface area (Å²) in [6.07, 6.45) is -0.00115. The Kier molecular flexibility index (Phi) is 6.63. The van der Waals surface area contributed by atoms with Crippen molar-refractivity contribution in [2.75, 3.05) is 12.4 Å². The molecule has 0 saturated heterocycles. The van der Waals surface area contributed by atoms with Crippen LogP contribution in [0.5, 0.6) is 0 Å². The second kappa shape index (κ2) is 7.74. The fraction of sp³-hybridized carbons (Fsp3) is 0.538. The van der Waals surface area contributed by atoms with E-state index in [9.17, 15) is 9.50 Å². The first kappa shape index (κ1) is 15.4. The largest absolute Gasteiger partial charge is 0.394 e. The maximum atomic E-state index is 13.2. The van der Waals surface area contributed by atoms with Gasteiger partial charge >= 0.3 is 0 Å². The van der Waals surface area contributed by atoms with Gasteiger partial charge in [0, 0.05) is 17.0 Å². The van der Waals surface area contributed by atoms with E-state index in [0.29, 0.717) is 5.75 Å². The zero-order valence-corrected chi connectivity index (χ0v) is 11.2. The highest BCUT2D eigenvalue weighted by Gasteiger charge is 2.20. The third-order valence-electron chi connectivity index (χ3n) is 2.72. The van der Waals surface area contributed by atoms with Crippen LogP contribution >= 0.6 is 11.8 Å². The van der Waals surface area contributed by atoms with Gasteiger partial charge in [-0.15, -0.1) is 11.8 Å². The fourth-order valence-electron chi connectivity index (χ4n) is 1.63. The van der Waals surface area contributed by atoms with Gasteiger partial charge in [-0.2, -0.15) is 0 Å². The number of hydrogen-bond donors (Lipinski definition) is 3. The van der Waals surface area contributed by atoms with Crippen molar-refractivity contribution in [3.63, 3.8) is 0 Å². The second-order valence-corrected chi connectivity index (χ2v) is 5.39. The summed E-state index contributed by atoms with van der Waals surface area (Å²) in [5.74, 6) is 0.0925. The van der Waals surface area contributed by atoms with Crippen LogP contribution in [0.2, 0.25) is 0 Å². The maximum absolute atomic E-state index is 13.2. The van der Waals surface area contributed by atoms with Gasteiger partial charge in [-0.25, -0.2) is 4.39 Å². The molecule has 18 heavy (non-hydrogen) atoms. The number of benzene rings is 1. The van der Waals surface area contributed by atoms with Gasteiger partial charge in [0.05, 0.1) is 12.7 Å².